The summed E-state index contributed by atoms with van der Waals surface area (Å²) in [5.74, 6) is -0.700. The molecule has 0 unspecified atom stereocenters. The van der Waals surface area contributed by atoms with Gasteiger partial charge >= 0.3 is 0 Å². The van der Waals surface area contributed by atoms with Crippen LogP contribution >= 0.6 is 11.3 Å². The number of thiazole rings is 1. The highest BCUT2D eigenvalue weighted by atomic mass is 32.2. The minimum atomic E-state index is -3.33. The maximum absolute atomic E-state index is 13.4. The number of nitrogens with one attached hydrogen (secondary N) is 1. The normalized spacial score (nSPS) is 13.8. The standard InChI is InChI=1S/C22H19FN4O3S2/c1-32(29,30)15-10-11-17-19(12-15)31-22(24-17)25-21(28)20-16-4-2-3-5-18(16)27(26-20)14-8-6-13(23)7-9-14/h6-12H,2-5H2,1H3,(H,24,25,28). The fourth-order valence-electron chi connectivity index (χ4n) is 3.92. The van der Waals surface area contributed by atoms with Crippen LogP contribution in [0.2, 0.25) is 0 Å². The molecule has 32 heavy (non-hydrogen) atoms. The number of sulfone groups is 1. The molecule has 5 rings (SSSR count). The summed E-state index contributed by atoms with van der Waals surface area (Å²) >= 11 is 1.21. The molecule has 1 amide bonds. The largest absolute Gasteiger partial charge is 0.296 e. The van der Waals surface area contributed by atoms with E-state index in [0.717, 1.165) is 43.2 Å². The second-order valence-electron chi connectivity index (χ2n) is 7.74. The number of anilines is 1. The van der Waals surface area contributed by atoms with Gasteiger partial charge in [-0.3, -0.25) is 10.1 Å². The van der Waals surface area contributed by atoms with Gasteiger partial charge in [-0.15, -0.1) is 0 Å². The van der Waals surface area contributed by atoms with Crippen molar-refractivity contribution in [3.63, 3.8) is 0 Å². The summed E-state index contributed by atoms with van der Waals surface area (Å²) in [4.78, 5) is 17.7. The van der Waals surface area contributed by atoms with Crippen LogP contribution in [0, 0.1) is 5.82 Å². The van der Waals surface area contributed by atoms with Crippen molar-refractivity contribution >= 4 is 42.4 Å². The monoisotopic (exact) mass is 470 g/mol. The van der Waals surface area contributed by atoms with Crippen molar-refractivity contribution in [3.05, 3.63) is 65.2 Å². The van der Waals surface area contributed by atoms with Crippen molar-refractivity contribution in [2.24, 2.45) is 0 Å². The lowest BCUT2D eigenvalue weighted by atomic mass is 9.95. The summed E-state index contributed by atoms with van der Waals surface area (Å²) < 4.78 is 39.4. The van der Waals surface area contributed by atoms with Crippen LogP contribution in [0.15, 0.2) is 47.4 Å². The second kappa shape index (κ2) is 7.79. The Labute approximate surface area is 187 Å². The van der Waals surface area contributed by atoms with Crippen molar-refractivity contribution < 1.29 is 17.6 Å². The Bertz CT molecular complexity index is 1460. The van der Waals surface area contributed by atoms with Crippen molar-refractivity contribution in [1.29, 1.82) is 0 Å². The van der Waals surface area contributed by atoms with E-state index in [1.165, 1.54) is 29.5 Å². The summed E-state index contributed by atoms with van der Waals surface area (Å²) in [6, 6.07) is 10.7. The Hall–Kier alpha value is -3.11. The van der Waals surface area contributed by atoms with E-state index in [2.05, 4.69) is 15.4 Å². The molecule has 0 bridgehead atoms. The van der Waals surface area contributed by atoms with Crippen LogP contribution in [0.1, 0.15) is 34.6 Å². The molecule has 1 N–H and O–H groups in total. The van der Waals surface area contributed by atoms with Gasteiger partial charge in [-0.25, -0.2) is 22.5 Å². The Morgan fingerprint density at radius 2 is 1.88 bits per heavy atom. The van der Waals surface area contributed by atoms with Gasteiger partial charge in [0, 0.05) is 17.5 Å². The molecule has 0 saturated carbocycles. The third-order valence-corrected chi connectivity index (χ3v) is 7.52. The topological polar surface area (TPSA) is 93.9 Å². The number of hydrogen-bond acceptors (Lipinski definition) is 6. The molecular weight excluding hydrogens is 451 g/mol. The molecule has 0 fully saturated rings. The third kappa shape index (κ3) is 3.80. The number of carbonyl (C=O) groups is 1. The average Bonchev–Trinajstić information content (AvgIpc) is 3.34. The molecule has 2 aromatic carbocycles. The Balaban J connectivity index is 1.49. The Morgan fingerprint density at radius 1 is 1.12 bits per heavy atom. The molecule has 1 aliphatic rings. The van der Waals surface area contributed by atoms with Gasteiger partial charge in [0.1, 0.15) is 5.82 Å². The Kier molecular flexibility index (Phi) is 5.06. The van der Waals surface area contributed by atoms with E-state index in [0.29, 0.717) is 26.7 Å². The number of rotatable bonds is 4. The molecule has 164 valence electrons. The highest BCUT2D eigenvalue weighted by Gasteiger charge is 2.26. The van der Waals surface area contributed by atoms with Gasteiger partial charge in [0.2, 0.25) is 0 Å². The van der Waals surface area contributed by atoms with Gasteiger partial charge in [-0.1, -0.05) is 11.3 Å². The highest BCUT2D eigenvalue weighted by Crippen LogP contribution is 2.30. The van der Waals surface area contributed by atoms with E-state index in [-0.39, 0.29) is 16.6 Å². The van der Waals surface area contributed by atoms with Crippen molar-refractivity contribution in [3.8, 4) is 5.69 Å². The summed E-state index contributed by atoms with van der Waals surface area (Å²) in [5, 5.41) is 7.75. The molecule has 0 spiro atoms. The lowest BCUT2D eigenvalue weighted by Crippen LogP contribution is -2.15. The van der Waals surface area contributed by atoms with E-state index < -0.39 is 9.84 Å². The third-order valence-electron chi connectivity index (χ3n) is 5.48. The number of halogens is 1. The van der Waals surface area contributed by atoms with Crippen LogP contribution in [-0.4, -0.2) is 35.3 Å². The maximum atomic E-state index is 13.4. The maximum Gasteiger partial charge on any atom is 0.278 e. The van der Waals surface area contributed by atoms with Gasteiger partial charge in [-0.2, -0.15) is 5.10 Å². The minimum Gasteiger partial charge on any atom is -0.296 e. The van der Waals surface area contributed by atoms with E-state index >= 15 is 0 Å². The number of benzene rings is 2. The average molecular weight is 471 g/mol. The first-order valence-corrected chi connectivity index (χ1v) is 12.8. The number of hydrogen-bond donors (Lipinski definition) is 1. The quantitative estimate of drug-likeness (QED) is 0.483. The van der Waals surface area contributed by atoms with Crippen LogP contribution < -0.4 is 5.32 Å². The zero-order chi connectivity index (χ0) is 22.5. The van der Waals surface area contributed by atoms with E-state index in [1.807, 2.05) is 0 Å². The SMILES string of the molecule is CS(=O)(=O)c1ccc2nc(NC(=O)c3nn(-c4ccc(F)cc4)c4c3CCCC4)sc2c1. The lowest BCUT2D eigenvalue weighted by Gasteiger charge is -2.14. The van der Waals surface area contributed by atoms with Gasteiger partial charge < -0.3 is 0 Å². The van der Waals surface area contributed by atoms with Crippen LogP contribution in [0.5, 0.6) is 0 Å². The van der Waals surface area contributed by atoms with Crippen molar-refractivity contribution in [2.45, 2.75) is 30.6 Å². The van der Waals surface area contributed by atoms with Crippen LogP contribution in [0.4, 0.5) is 9.52 Å². The number of fused-ring (bicyclic) bond motifs is 2. The highest BCUT2D eigenvalue weighted by molar-refractivity contribution is 7.90. The molecule has 1 aliphatic carbocycles. The summed E-state index contributed by atoms with van der Waals surface area (Å²) in [6.07, 6.45) is 4.66. The second-order valence-corrected chi connectivity index (χ2v) is 10.8. The first-order chi connectivity index (χ1) is 15.3. The number of nitrogens with zero attached hydrogens (tertiary/aromatic N) is 3. The van der Waals surface area contributed by atoms with Crippen LogP contribution in [0.25, 0.3) is 15.9 Å². The molecule has 2 heterocycles. The lowest BCUT2D eigenvalue weighted by molar-refractivity contribution is 0.102. The van der Waals surface area contributed by atoms with E-state index in [1.54, 1.807) is 28.9 Å². The van der Waals surface area contributed by atoms with Crippen LogP contribution in [-0.2, 0) is 22.7 Å². The minimum absolute atomic E-state index is 0.207. The van der Waals surface area contributed by atoms with E-state index in [4.69, 9.17) is 0 Å². The summed E-state index contributed by atoms with van der Waals surface area (Å²) in [7, 11) is -3.33. The van der Waals surface area contributed by atoms with Gasteiger partial charge in [0.15, 0.2) is 20.7 Å². The van der Waals surface area contributed by atoms with Gasteiger partial charge in [0.05, 0.1) is 20.8 Å². The van der Waals surface area contributed by atoms with Crippen LogP contribution in [0.3, 0.4) is 0 Å². The fraction of sp³-hybridized carbons (Fsp3) is 0.227. The molecule has 0 saturated heterocycles. The fourth-order valence-corrected chi connectivity index (χ4v) is 5.54. The molecule has 0 radical (unpaired) electrons. The zero-order valence-electron chi connectivity index (χ0n) is 17.1. The predicted molar refractivity (Wildman–Crippen MR) is 121 cm³/mol. The molecule has 2 aromatic heterocycles. The molecular formula is C22H19FN4O3S2. The van der Waals surface area contributed by atoms with E-state index in [9.17, 15) is 17.6 Å². The molecule has 7 nitrogen and oxygen atoms in total. The predicted octanol–water partition coefficient (Wildman–Crippen LogP) is 4.16. The Morgan fingerprint density at radius 3 is 2.62 bits per heavy atom. The van der Waals surface area contributed by atoms with Crippen molar-refractivity contribution in [2.75, 3.05) is 11.6 Å². The van der Waals surface area contributed by atoms with Gasteiger partial charge in [0.25, 0.3) is 5.91 Å². The number of carbonyl (C=O) groups excluding carboxylic acids is 1. The zero-order valence-corrected chi connectivity index (χ0v) is 18.8. The molecule has 10 heteroatoms. The summed E-state index contributed by atoms with van der Waals surface area (Å²) in [5.41, 5.74) is 3.52. The van der Waals surface area contributed by atoms with Crippen molar-refractivity contribution in [1.82, 2.24) is 14.8 Å². The van der Waals surface area contributed by atoms with Gasteiger partial charge in [-0.05, 0) is 68.1 Å². The smallest absolute Gasteiger partial charge is 0.278 e. The molecule has 4 aromatic rings. The first kappa shape index (κ1) is 20.8. The summed E-state index contributed by atoms with van der Waals surface area (Å²) in [6.45, 7) is 0. The molecule has 0 atom stereocenters. The number of aromatic nitrogens is 3. The molecule has 0 aliphatic heterocycles. The number of amides is 1. The first-order valence-electron chi connectivity index (χ1n) is 10.1.